The molecule has 2 N–H and O–H groups in total. The molecule has 2 aromatic heterocycles. The minimum Gasteiger partial charge on any atom is -0.392 e. The number of aromatic nitrogens is 3. The Morgan fingerprint density at radius 1 is 1.08 bits per heavy atom. The average molecular weight is 549 g/mol. The SMILES string of the molecule is Cc1nnc(SC[C@H]2O[C@@H](c3cccc(NC(=O)c4cccnc4)c3)O[C@@H](c3ccc(CO)cc3)[C@H]2C)s1. The molecular formula is C28H28N4O4S2. The first kappa shape index (κ1) is 26.5. The number of amides is 1. The monoisotopic (exact) mass is 548 g/mol. The summed E-state index contributed by atoms with van der Waals surface area (Å²) in [4.78, 5) is 16.7. The third kappa shape index (κ3) is 6.28. The number of pyridine rings is 1. The predicted molar refractivity (Wildman–Crippen MR) is 147 cm³/mol. The molecule has 10 heteroatoms. The highest BCUT2D eigenvalue weighted by Crippen LogP contribution is 2.43. The number of aliphatic hydroxyl groups is 1. The van der Waals surface area contributed by atoms with Gasteiger partial charge in [0.25, 0.3) is 5.91 Å². The first-order valence-electron chi connectivity index (χ1n) is 12.2. The van der Waals surface area contributed by atoms with E-state index in [9.17, 15) is 9.90 Å². The lowest BCUT2D eigenvalue weighted by molar-refractivity contribution is -0.268. The topological polar surface area (TPSA) is 106 Å². The number of ether oxygens (including phenoxy) is 2. The second-order valence-corrected chi connectivity index (χ2v) is 11.5. The van der Waals surface area contributed by atoms with Crippen LogP contribution >= 0.6 is 23.1 Å². The van der Waals surface area contributed by atoms with Gasteiger partial charge in [0.2, 0.25) is 0 Å². The number of carbonyl (C=O) groups is 1. The van der Waals surface area contributed by atoms with E-state index in [-0.39, 0.29) is 30.6 Å². The first-order valence-corrected chi connectivity index (χ1v) is 14.0. The second kappa shape index (κ2) is 12.1. The Labute approximate surface area is 229 Å². The highest BCUT2D eigenvalue weighted by Gasteiger charge is 2.38. The third-order valence-electron chi connectivity index (χ3n) is 6.34. The van der Waals surface area contributed by atoms with Crippen LogP contribution in [0, 0.1) is 12.8 Å². The Bertz CT molecular complexity index is 1370. The van der Waals surface area contributed by atoms with Gasteiger partial charge in [-0.1, -0.05) is 66.4 Å². The molecular weight excluding hydrogens is 520 g/mol. The lowest BCUT2D eigenvalue weighted by atomic mass is 9.91. The molecule has 0 spiro atoms. The lowest BCUT2D eigenvalue weighted by Crippen LogP contribution is -2.38. The zero-order chi connectivity index (χ0) is 26.5. The van der Waals surface area contributed by atoms with Gasteiger partial charge >= 0.3 is 0 Å². The van der Waals surface area contributed by atoms with Gasteiger partial charge in [-0.2, -0.15) is 0 Å². The molecule has 0 radical (unpaired) electrons. The fraction of sp³-hybridized carbons (Fsp3) is 0.286. The Morgan fingerprint density at radius 3 is 2.63 bits per heavy atom. The third-order valence-corrected chi connectivity index (χ3v) is 8.40. The van der Waals surface area contributed by atoms with Crippen LogP contribution in [0.3, 0.4) is 0 Å². The van der Waals surface area contributed by atoms with Crippen molar-refractivity contribution in [2.75, 3.05) is 11.1 Å². The van der Waals surface area contributed by atoms with Crippen molar-refractivity contribution in [3.63, 3.8) is 0 Å². The summed E-state index contributed by atoms with van der Waals surface area (Å²) in [7, 11) is 0. The van der Waals surface area contributed by atoms with E-state index in [1.165, 1.54) is 6.20 Å². The quantitative estimate of drug-likeness (QED) is 0.275. The lowest BCUT2D eigenvalue weighted by Gasteiger charge is -2.41. The fourth-order valence-corrected chi connectivity index (χ4v) is 6.27. The summed E-state index contributed by atoms with van der Waals surface area (Å²) in [6, 6.07) is 18.8. The summed E-state index contributed by atoms with van der Waals surface area (Å²) in [5.41, 5.74) is 3.79. The molecule has 1 aliphatic rings. The van der Waals surface area contributed by atoms with Gasteiger partial charge in [0.05, 0.1) is 24.4 Å². The van der Waals surface area contributed by atoms with E-state index in [2.05, 4.69) is 27.4 Å². The Balaban J connectivity index is 1.38. The zero-order valence-corrected chi connectivity index (χ0v) is 22.6. The second-order valence-electron chi connectivity index (χ2n) is 9.04. The average Bonchev–Trinajstić information content (AvgIpc) is 3.38. The number of rotatable bonds is 8. The van der Waals surface area contributed by atoms with Crippen LogP contribution in [0.25, 0.3) is 0 Å². The number of nitrogens with one attached hydrogen (secondary N) is 1. The van der Waals surface area contributed by atoms with Crippen LogP contribution in [0.5, 0.6) is 0 Å². The van der Waals surface area contributed by atoms with Crippen molar-refractivity contribution < 1.29 is 19.4 Å². The van der Waals surface area contributed by atoms with E-state index < -0.39 is 6.29 Å². The largest absolute Gasteiger partial charge is 0.392 e. The maximum atomic E-state index is 12.7. The molecule has 2 aromatic carbocycles. The highest BCUT2D eigenvalue weighted by molar-refractivity contribution is 8.01. The molecule has 0 aliphatic carbocycles. The number of anilines is 1. The number of hydrogen-bond acceptors (Lipinski definition) is 9. The summed E-state index contributed by atoms with van der Waals surface area (Å²) in [5, 5.41) is 21.7. The maximum absolute atomic E-state index is 12.7. The van der Waals surface area contributed by atoms with E-state index in [1.807, 2.05) is 55.5 Å². The van der Waals surface area contributed by atoms with Crippen LogP contribution in [0.1, 0.15) is 51.4 Å². The van der Waals surface area contributed by atoms with Crippen molar-refractivity contribution in [2.45, 2.75) is 43.3 Å². The summed E-state index contributed by atoms with van der Waals surface area (Å²) >= 11 is 3.20. The molecule has 1 aliphatic heterocycles. The van der Waals surface area contributed by atoms with Crippen molar-refractivity contribution in [1.29, 1.82) is 0 Å². The van der Waals surface area contributed by atoms with Crippen molar-refractivity contribution in [3.8, 4) is 0 Å². The number of carbonyl (C=O) groups excluding carboxylic acids is 1. The summed E-state index contributed by atoms with van der Waals surface area (Å²) in [5.74, 6) is 0.511. The van der Waals surface area contributed by atoms with Gasteiger partial charge in [0.15, 0.2) is 10.6 Å². The number of thioether (sulfide) groups is 1. The predicted octanol–water partition coefficient (Wildman–Crippen LogP) is 5.57. The normalized spacial score (nSPS) is 21.2. The van der Waals surface area contributed by atoms with Crippen molar-refractivity contribution in [2.24, 2.45) is 5.92 Å². The van der Waals surface area contributed by atoms with E-state index in [4.69, 9.17) is 9.47 Å². The molecule has 0 unspecified atom stereocenters. The Morgan fingerprint density at radius 2 is 1.92 bits per heavy atom. The van der Waals surface area contributed by atoms with Crippen LogP contribution in [0.4, 0.5) is 5.69 Å². The summed E-state index contributed by atoms with van der Waals surface area (Å²) in [6.07, 6.45) is 2.18. The Hall–Kier alpha value is -3.15. The molecule has 3 heterocycles. The highest BCUT2D eigenvalue weighted by atomic mass is 32.2. The molecule has 1 amide bonds. The number of nitrogens with zero attached hydrogens (tertiary/aromatic N) is 3. The van der Waals surface area contributed by atoms with Crippen LogP contribution in [0.15, 0.2) is 77.4 Å². The molecule has 0 bridgehead atoms. The van der Waals surface area contributed by atoms with Gasteiger partial charge in [-0.25, -0.2) is 0 Å². The molecule has 1 saturated heterocycles. The number of hydrogen-bond donors (Lipinski definition) is 2. The molecule has 0 saturated carbocycles. The van der Waals surface area contributed by atoms with Crippen LogP contribution in [0.2, 0.25) is 0 Å². The van der Waals surface area contributed by atoms with E-state index >= 15 is 0 Å². The van der Waals surface area contributed by atoms with Gasteiger partial charge in [0.1, 0.15) is 5.01 Å². The minimum absolute atomic E-state index is 0.00875. The number of aliphatic hydroxyl groups excluding tert-OH is 1. The van der Waals surface area contributed by atoms with Crippen molar-refractivity contribution >= 4 is 34.7 Å². The molecule has 1 fully saturated rings. The number of benzene rings is 2. The smallest absolute Gasteiger partial charge is 0.257 e. The standard InChI is InChI=1S/C28H28N4O4S2/c1-17-24(16-37-28-32-31-18(2)38-28)35-27(36-25(17)20-10-8-19(15-33)9-11-20)21-5-3-7-23(13-21)30-26(34)22-6-4-12-29-14-22/h3-14,17,24-25,27,33H,15-16H2,1-2H3,(H,30,34)/t17-,24+,25+,27+/m0/s1. The molecule has 38 heavy (non-hydrogen) atoms. The molecule has 5 rings (SSSR count). The summed E-state index contributed by atoms with van der Waals surface area (Å²) < 4.78 is 13.9. The molecule has 196 valence electrons. The van der Waals surface area contributed by atoms with E-state index in [0.717, 1.165) is 26.0 Å². The zero-order valence-electron chi connectivity index (χ0n) is 21.0. The summed E-state index contributed by atoms with van der Waals surface area (Å²) in [6.45, 7) is 4.06. The molecule has 4 atom stereocenters. The minimum atomic E-state index is -0.634. The van der Waals surface area contributed by atoms with Crippen LogP contribution in [-0.4, -0.2) is 38.1 Å². The first-order chi connectivity index (χ1) is 18.5. The van der Waals surface area contributed by atoms with Gasteiger partial charge in [-0.15, -0.1) is 10.2 Å². The van der Waals surface area contributed by atoms with Crippen LogP contribution in [-0.2, 0) is 16.1 Å². The van der Waals surface area contributed by atoms with E-state index in [0.29, 0.717) is 17.0 Å². The fourth-order valence-electron chi connectivity index (χ4n) is 4.26. The van der Waals surface area contributed by atoms with Gasteiger partial charge in [-0.05, 0) is 42.3 Å². The maximum Gasteiger partial charge on any atom is 0.257 e. The van der Waals surface area contributed by atoms with Crippen LogP contribution < -0.4 is 5.32 Å². The Kier molecular flexibility index (Phi) is 8.45. The van der Waals surface area contributed by atoms with Gasteiger partial charge in [0, 0.05) is 35.3 Å². The van der Waals surface area contributed by atoms with Crippen molar-refractivity contribution in [3.05, 3.63) is 100 Å². The van der Waals surface area contributed by atoms with Crippen molar-refractivity contribution in [1.82, 2.24) is 15.2 Å². The van der Waals surface area contributed by atoms with Gasteiger partial charge in [-0.3, -0.25) is 9.78 Å². The molecule has 8 nitrogen and oxygen atoms in total. The number of aryl methyl sites for hydroxylation is 1. The van der Waals surface area contributed by atoms with E-state index in [1.54, 1.807) is 41.4 Å². The molecule has 4 aromatic rings. The van der Waals surface area contributed by atoms with Gasteiger partial charge < -0.3 is 19.9 Å².